The molecule has 0 spiro atoms. The molecule has 3 rings (SSSR count). The van der Waals surface area contributed by atoms with Crippen LogP contribution in [-0.2, 0) is 22.4 Å². The number of nitrogens with zero attached hydrogens (tertiary/aromatic N) is 3. The lowest BCUT2D eigenvalue weighted by Gasteiger charge is -2.34. The molecule has 0 saturated carbocycles. The van der Waals surface area contributed by atoms with Gasteiger partial charge in [0, 0.05) is 59.6 Å². The minimum absolute atomic E-state index is 0.323. The Bertz CT molecular complexity index is 677. The number of piperidine rings is 1. The van der Waals surface area contributed by atoms with E-state index in [1.807, 2.05) is 0 Å². The maximum absolute atomic E-state index is 10.6. The van der Waals surface area contributed by atoms with Crippen molar-refractivity contribution in [1.29, 1.82) is 0 Å². The van der Waals surface area contributed by atoms with Crippen molar-refractivity contribution in [2.24, 2.45) is 4.99 Å². The Kier molecular flexibility index (Phi) is 10.1. The molecule has 2 aliphatic heterocycles. The van der Waals surface area contributed by atoms with Gasteiger partial charge in [0.05, 0.1) is 18.8 Å². The van der Waals surface area contributed by atoms with Crippen LogP contribution < -0.4 is 5.32 Å². The van der Waals surface area contributed by atoms with Crippen LogP contribution in [-0.4, -0.2) is 92.7 Å². The number of aliphatic hydroxyl groups excluding tert-OH is 1. The molecule has 2 heterocycles. The summed E-state index contributed by atoms with van der Waals surface area (Å²) in [7, 11) is 1.72. The molecule has 0 amide bonds. The number of ether oxygens (including phenoxy) is 2. The molecule has 1 aromatic carbocycles. The number of rotatable bonds is 10. The fraction of sp³-hybridized carbons (Fsp3) is 0.708. The Morgan fingerprint density at radius 3 is 2.71 bits per heavy atom. The van der Waals surface area contributed by atoms with Crippen LogP contribution >= 0.6 is 0 Å². The predicted molar refractivity (Wildman–Crippen MR) is 124 cm³/mol. The van der Waals surface area contributed by atoms with Gasteiger partial charge >= 0.3 is 0 Å². The Hall–Kier alpha value is -1.67. The second-order valence-corrected chi connectivity index (χ2v) is 8.51. The summed E-state index contributed by atoms with van der Waals surface area (Å²) in [5.74, 6) is 0.906. The highest BCUT2D eigenvalue weighted by molar-refractivity contribution is 5.80. The van der Waals surface area contributed by atoms with Crippen molar-refractivity contribution in [3.8, 4) is 0 Å². The van der Waals surface area contributed by atoms with E-state index in [9.17, 15) is 5.11 Å². The predicted octanol–water partition coefficient (Wildman–Crippen LogP) is 1.89. The van der Waals surface area contributed by atoms with E-state index in [0.717, 1.165) is 77.6 Å². The molecule has 0 aliphatic carbocycles. The number of aliphatic imine (C=N–C) groups is 1. The third kappa shape index (κ3) is 7.75. The number of β-amino-alcohol motifs (C(OH)–C–C–N with tert-alkyl or cyclic N) is 1. The van der Waals surface area contributed by atoms with Gasteiger partial charge in [-0.15, -0.1) is 0 Å². The average Bonchev–Trinajstić information content (AvgIpc) is 2.80. The molecule has 0 aromatic heterocycles. The van der Waals surface area contributed by atoms with Gasteiger partial charge in [-0.2, -0.15) is 0 Å². The largest absolute Gasteiger partial charge is 0.390 e. The Balaban J connectivity index is 1.43. The van der Waals surface area contributed by atoms with Gasteiger partial charge in [0.1, 0.15) is 0 Å². The fourth-order valence-electron chi connectivity index (χ4n) is 4.37. The summed E-state index contributed by atoms with van der Waals surface area (Å²) in [5.41, 5.74) is 2.82. The van der Waals surface area contributed by atoms with E-state index in [4.69, 9.17) is 14.5 Å². The van der Waals surface area contributed by atoms with Crippen molar-refractivity contribution in [2.45, 2.75) is 51.4 Å². The third-order valence-corrected chi connectivity index (χ3v) is 6.05. The van der Waals surface area contributed by atoms with Crippen LogP contribution in [0.1, 0.15) is 37.3 Å². The van der Waals surface area contributed by atoms with E-state index in [2.05, 4.69) is 46.3 Å². The first-order valence-electron chi connectivity index (χ1n) is 11.8. The molecule has 0 bridgehead atoms. The highest BCUT2D eigenvalue weighted by Crippen LogP contribution is 2.18. The molecule has 7 heteroatoms. The zero-order valence-electron chi connectivity index (χ0n) is 19.3. The Morgan fingerprint density at radius 2 is 1.97 bits per heavy atom. The fourth-order valence-corrected chi connectivity index (χ4v) is 4.37. The van der Waals surface area contributed by atoms with Gasteiger partial charge in [0.25, 0.3) is 0 Å². The molecule has 1 aromatic rings. The van der Waals surface area contributed by atoms with Gasteiger partial charge in [-0.3, -0.25) is 9.89 Å². The number of hydrogen-bond acceptors (Lipinski definition) is 5. The lowest BCUT2D eigenvalue weighted by molar-refractivity contribution is 0.00984. The van der Waals surface area contributed by atoms with E-state index in [0.29, 0.717) is 19.2 Å². The van der Waals surface area contributed by atoms with Crippen LogP contribution in [0, 0.1) is 0 Å². The zero-order chi connectivity index (χ0) is 21.9. The topological polar surface area (TPSA) is 69.6 Å². The van der Waals surface area contributed by atoms with Crippen molar-refractivity contribution in [1.82, 2.24) is 15.1 Å². The van der Waals surface area contributed by atoms with E-state index in [1.165, 1.54) is 11.1 Å². The number of methoxy groups -OCH3 is 1. The lowest BCUT2D eigenvalue weighted by atomic mass is 10.00. The second-order valence-electron chi connectivity index (χ2n) is 8.51. The van der Waals surface area contributed by atoms with E-state index in [1.54, 1.807) is 7.11 Å². The van der Waals surface area contributed by atoms with E-state index < -0.39 is 6.10 Å². The summed E-state index contributed by atoms with van der Waals surface area (Å²) < 4.78 is 11.0. The van der Waals surface area contributed by atoms with Gasteiger partial charge < -0.3 is 24.8 Å². The molecule has 1 fully saturated rings. The average molecular weight is 433 g/mol. The van der Waals surface area contributed by atoms with Crippen molar-refractivity contribution in [2.75, 3.05) is 59.6 Å². The standard InChI is InChI=1S/C24H40N4O3/c1-3-25-24(28-13-10-23(11-14-28)31-16-6-15-30-2)26-17-22(29)19-27-12-9-20-7-4-5-8-21(20)18-27/h4-5,7-8,22-23,29H,3,6,9-19H2,1-2H3,(H,25,26). The zero-order valence-corrected chi connectivity index (χ0v) is 19.3. The van der Waals surface area contributed by atoms with Crippen molar-refractivity contribution < 1.29 is 14.6 Å². The molecule has 31 heavy (non-hydrogen) atoms. The smallest absolute Gasteiger partial charge is 0.194 e. The molecule has 0 radical (unpaired) electrons. The number of aliphatic hydroxyl groups is 1. The monoisotopic (exact) mass is 432 g/mol. The first-order chi connectivity index (χ1) is 15.2. The molecular weight excluding hydrogens is 392 g/mol. The van der Waals surface area contributed by atoms with Gasteiger partial charge in [0.15, 0.2) is 5.96 Å². The number of hydrogen-bond donors (Lipinski definition) is 2. The third-order valence-electron chi connectivity index (χ3n) is 6.05. The summed E-state index contributed by atoms with van der Waals surface area (Å²) in [6.07, 6.45) is 3.88. The molecule has 1 unspecified atom stereocenters. The normalized spacial score (nSPS) is 19.3. The molecule has 2 aliphatic rings. The maximum Gasteiger partial charge on any atom is 0.194 e. The molecular formula is C24H40N4O3. The number of nitrogens with one attached hydrogen (secondary N) is 1. The van der Waals surface area contributed by atoms with Gasteiger partial charge in [-0.25, -0.2) is 0 Å². The SMILES string of the molecule is CCNC(=NCC(O)CN1CCc2ccccc2C1)N1CCC(OCCCOC)CC1. The van der Waals surface area contributed by atoms with E-state index >= 15 is 0 Å². The van der Waals surface area contributed by atoms with Crippen LogP contribution in [0.3, 0.4) is 0 Å². The van der Waals surface area contributed by atoms with Crippen LogP contribution in [0.15, 0.2) is 29.3 Å². The minimum atomic E-state index is -0.458. The number of guanidine groups is 1. The van der Waals surface area contributed by atoms with Crippen LogP contribution in [0.5, 0.6) is 0 Å². The summed E-state index contributed by atoms with van der Waals surface area (Å²) >= 11 is 0. The Labute approximate surface area is 187 Å². The quantitative estimate of drug-likeness (QED) is 0.334. The summed E-state index contributed by atoms with van der Waals surface area (Å²) in [5, 5.41) is 14.0. The summed E-state index contributed by atoms with van der Waals surface area (Å²) in [6, 6.07) is 8.61. The van der Waals surface area contributed by atoms with Crippen molar-refractivity contribution >= 4 is 5.96 Å². The van der Waals surface area contributed by atoms with Crippen molar-refractivity contribution in [3.05, 3.63) is 35.4 Å². The Morgan fingerprint density at radius 1 is 1.19 bits per heavy atom. The summed E-state index contributed by atoms with van der Waals surface area (Å²) in [4.78, 5) is 9.39. The lowest BCUT2D eigenvalue weighted by Crippen LogP contribution is -2.47. The van der Waals surface area contributed by atoms with Crippen LogP contribution in [0.25, 0.3) is 0 Å². The first kappa shape index (κ1) is 24.0. The molecule has 7 nitrogen and oxygen atoms in total. The molecule has 1 saturated heterocycles. The van der Waals surface area contributed by atoms with Gasteiger partial charge in [-0.1, -0.05) is 24.3 Å². The van der Waals surface area contributed by atoms with Gasteiger partial charge in [-0.05, 0) is 43.7 Å². The number of fused-ring (bicyclic) bond motifs is 1. The number of benzene rings is 1. The highest BCUT2D eigenvalue weighted by atomic mass is 16.5. The van der Waals surface area contributed by atoms with Gasteiger partial charge in [0.2, 0.25) is 0 Å². The van der Waals surface area contributed by atoms with Crippen molar-refractivity contribution in [3.63, 3.8) is 0 Å². The first-order valence-corrected chi connectivity index (χ1v) is 11.8. The molecule has 2 N–H and O–H groups in total. The van der Waals surface area contributed by atoms with E-state index in [-0.39, 0.29) is 0 Å². The maximum atomic E-state index is 10.6. The minimum Gasteiger partial charge on any atom is -0.390 e. The second kappa shape index (κ2) is 13.0. The summed E-state index contributed by atoms with van der Waals surface area (Å²) in [6.45, 7) is 9.28. The highest BCUT2D eigenvalue weighted by Gasteiger charge is 2.23. The number of likely N-dealkylation sites (tertiary alicyclic amines) is 1. The molecule has 174 valence electrons. The van der Waals surface area contributed by atoms with Crippen LogP contribution in [0.2, 0.25) is 0 Å². The van der Waals surface area contributed by atoms with Crippen LogP contribution in [0.4, 0.5) is 0 Å². The molecule has 1 atom stereocenters.